The van der Waals surface area contributed by atoms with E-state index in [0.29, 0.717) is 12.2 Å². The Labute approximate surface area is 88.6 Å². The third kappa shape index (κ3) is 3.18. The highest BCUT2D eigenvalue weighted by Crippen LogP contribution is 2.18. The molecule has 0 aromatic heterocycles. The van der Waals surface area contributed by atoms with E-state index < -0.39 is 5.41 Å². The normalized spacial score (nSPS) is 11.5. The Balaban J connectivity index is 2.61. The van der Waals surface area contributed by atoms with Crippen molar-refractivity contribution in [3.05, 3.63) is 30.1 Å². The summed E-state index contributed by atoms with van der Waals surface area (Å²) < 4.78 is 13.2. The second-order valence-electron chi connectivity index (χ2n) is 3.96. The summed E-state index contributed by atoms with van der Waals surface area (Å²) in [7, 11) is 0. The number of anilines is 1. The number of nitrogens with one attached hydrogen (secondary N) is 1. The van der Waals surface area contributed by atoms with Crippen LogP contribution in [0, 0.1) is 11.2 Å². The molecule has 0 saturated carbocycles. The first-order chi connectivity index (χ1) is 7.11. The van der Waals surface area contributed by atoms with Crippen LogP contribution in [-0.4, -0.2) is 30.0 Å². The average molecular weight is 213 g/mol. The van der Waals surface area contributed by atoms with Gasteiger partial charge < -0.3 is 15.5 Å². The number of benzene rings is 1. The summed E-state index contributed by atoms with van der Waals surface area (Å²) in [5, 5.41) is 20.9. The summed E-state index contributed by atoms with van der Waals surface area (Å²) in [6.07, 6.45) is 0. The SMILES string of the molecule is CC(CO)(CO)CNc1ccccc1F. The van der Waals surface area contributed by atoms with E-state index >= 15 is 0 Å². The molecule has 0 radical (unpaired) electrons. The van der Waals surface area contributed by atoms with E-state index in [9.17, 15) is 4.39 Å². The molecule has 0 fully saturated rings. The third-order valence-corrected chi connectivity index (χ3v) is 2.34. The number of aliphatic hydroxyl groups is 2. The summed E-state index contributed by atoms with van der Waals surface area (Å²) in [5.41, 5.74) is -0.256. The van der Waals surface area contributed by atoms with E-state index in [0.717, 1.165) is 0 Å². The lowest BCUT2D eigenvalue weighted by Gasteiger charge is -2.25. The summed E-state index contributed by atoms with van der Waals surface area (Å²) in [6.45, 7) is 1.75. The van der Waals surface area contributed by atoms with Crippen LogP contribution in [0.1, 0.15) is 6.92 Å². The molecule has 3 nitrogen and oxygen atoms in total. The molecule has 0 heterocycles. The number of hydrogen-bond acceptors (Lipinski definition) is 3. The number of halogens is 1. The van der Waals surface area contributed by atoms with Crippen LogP contribution in [0.5, 0.6) is 0 Å². The first-order valence-electron chi connectivity index (χ1n) is 4.81. The van der Waals surface area contributed by atoms with Gasteiger partial charge in [0, 0.05) is 12.0 Å². The first kappa shape index (κ1) is 11.9. The molecular formula is C11H16FNO2. The molecule has 0 saturated heterocycles. The molecule has 15 heavy (non-hydrogen) atoms. The van der Waals surface area contributed by atoms with Crippen molar-refractivity contribution < 1.29 is 14.6 Å². The van der Waals surface area contributed by atoms with Crippen molar-refractivity contribution in [2.24, 2.45) is 5.41 Å². The molecule has 0 amide bonds. The summed E-state index contributed by atoms with van der Waals surface area (Å²) in [5.74, 6) is -0.337. The molecule has 0 aliphatic carbocycles. The average Bonchev–Trinajstić information content (AvgIpc) is 2.28. The van der Waals surface area contributed by atoms with Gasteiger partial charge in [0.25, 0.3) is 0 Å². The highest BCUT2D eigenvalue weighted by molar-refractivity contribution is 5.44. The van der Waals surface area contributed by atoms with Crippen LogP contribution in [0.2, 0.25) is 0 Å². The van der Waals surface area contributed by atoms with E-state index in [-0.39, 0.29) is 19.0 Å². The zero-order valence-electron chi connectivity index (χ0n) is 8.70. The fourth-order valence-electron chi connectivity index (χ4n) is 1.07. The van der Waals surface area contributed by atoms with Gasteiger partial charge in [-0.1, -0.05) is 19.1 Å². The molecule has 0 spiro atoms. The van der Waals surface area contributed by atoms with Crippen LogP contribution in [0.25, 0.3) is 0 Å². The highest BCUT2D eigenvalue weighted by atomic mass is 19.1. The zero-order valence-corrected chi connectivity index (χ0v) is 8.70. The monoisotopic (exact) mass is 213 g/mol. The Kier molecular flexibility index (Phi) is 4.05. The summed E-state index contributed by atoms with van der Waals surface area (Å²) >= 11 is 0. The Morgan fingerprint density at radius 2 is 1.87 bits per heavy atom. The summed E-state index contributed by atoms with van der Waals surface area (Å²) in [4.78, 5) is 0. The van der Waals surface area contributed by atoms with Crippen LogP contribution >= 0.6 is 0 Å². The van der Waals surface area contributed by atoms with Crippen molar-refractivity contribution in [1.29, 1.82) is 0 Å². The van der Waals surface area contributed by atoms with Crippen LogP contribution in [-0.2, 0) is 0 Å². The molecule has 0 aliphatic heterocycles. The Bertz CT molecular complexity index is 313. The van der Waals surface area contributed by atoms with E-state index in [1.807, 2.05) is 0 Å². The predicted molar refractivity (Wildman–Crippen MR) is 57.2 cm³/mol. The fraction of sp³-hybridized carbons (Fsp3) is 0.455. The Morgan fingerprint density at radius 3 is 2.40 bits per heavy atom. The minimum atomic E-state index is -0.637. The number of para-hydroxylation sites is 1. The topological polar surface area (TPSA) is 52.5 Å². The largest absolute Gasteiger partial charge is 0.396 e. The number of rotatable bonds is 5. The number of hydrogen-bond donors (Lipinski definition) is 3. The lowest BCUT2D eigenvalue weighted by atomic mass is 9.93. The third-order valence-electron chi connectivity index (χ3n) is 2.34. The van der Waals surface area contributed by atoms with Crippen molar-refractivity contribution in [3.63, 3.8) is 0 Å². The quantitative estimate of drug-likeness (QED) is 0.689. The molecule has 0 aliphatic rings. The van der Waals surface area contributed by atoms with Gasteiger partial charge in [-0.3, -0.25) is 0 Å². The van der Waals surface area contributed by atoms with Crippen molar-refractivity contribution in [1.82, 2.24) is 0 Å². The lowest BCUT2D eigenvalue weighted by molar-refractivity contribution is 0.0806. The smallest absolute Gasteiger partial charge is 0.146 e. The molecule has 84 valence electrons. The van der Waals surface area contributed by atoms with Crippen LogP contribution < -0.4 is 5.32 Å². The van der Waals surface area contributed by atoms with Gasteiger partial charge in [0.1, 0.15) is 5.82 Å². The van der Waals surface area contributed by atoms with Crippen molar-refractivity contribution in [2.45, 2.75) is 6.92 Å². The second kappa shape index (κ2) is 5.09. The Hall–Kier alpha value is -1.13. The number of aliphatic hydroxyl groups excluding tert-OH is 2. The van der Waals surface area contributed by atoms with Crippen LogP contribution in [0.3, 0.4) is 0 Å². The molecule has 3 N–H and O–H groups in total. The maximum Gasteiger partial charge on any atom is 0.146 e. The predicted octanol–water partition coefficient (Wildman–Crippen LogP) is 1.23. The maximum atomic E-state index is 13.2. The van der Waals surface area contributed by atoms with Gasteiger partial charge in [-0.15, -0.1) is 0 Å². The van der Waals surface area contributed by atoms with E-state index in [4.69, 9.17) is 10.2 Å². The van der Waals surface area contributed by atoms with Gasteiger partial charge in [-0.25, -0.2) is 4.39 Å². The van der Waals surface area contributed by atoms with E-state index in [2.05, 4.69) is 5.32 Å². The van der Waals surface area contributed by atoms with Gasteiger partial charge in [-0.05, 0) is 12.1 Å². The maximum absolute atomic E-state index is 13.2. The molecule has 1 aromatic rings. The van der Waals surface area contributed by atoms with Crippen molar-refractivity contribution in [3.8, 4) is 0 Å². The van der Waals surface area contributed by atoms with E-state index in [1.165, 1.54) is 6.07 Å². The van der Waals surface area contributed by atoms with Crippen molar-refractivity contribution >= 4 is 5.69 Å². The fourth-order valence-corrected chi connectivity index (χ4v) is 1.07. The summed E-state index contributed by atoms with van der Waals surface area (Å²) in [6, 6.07) is 6.31. The van der Waals surface area contributed by atoms with Crippen LogP contribution in [0.4, 0.5) is 10.1 Å². The first-order valence-corrected chi connectivity index (χ1v) is 4.81. The minimum Gasteiger partial charge on any atom is -0.396 e. The molecule has 0 atom stereocenters. The van der Waals surface area contributed by atoms with Gasteiger partial charge in [0.2, 0.25) is 0 Å². The second-order valence-corrected chi connectivity index (χ2v) is 3.96. The van der Waals surface area contributed by atoms with Crippen molar-refractivity contribution in [2.75, 3.05) is 25.1 Å². The van der Waals surface area contributed by atoms with Gasteiger partial charge >= 0.3 is 0 Å². The Morgan fingerprint density at radius 1 is 1.27 bits per heavy atom. The van der Waals surface area contributed by atoms with Crippen LogP contribution in [0.15, 0.2) is 24.3 Å². The molecule has 0 bridgehead atoms. The molecule has 1 aromatic carbocycles. The molecule has 1 rings (SSSR count). The zero-order chi connectivity index (χ0) is 11.3. The van der Waals surface area contributed by atoms with E-state index in [1.54, 1.807) is 25.1 Å². The molecular weight excluding hydrogens is 197 g/mol. The highest BCUT2D eigenvalue weighted by Gasteiger charge is 2.22. The van der Waals surface area contributed by atoms with Gasteiger partial charge in [0.05, 0.1) is 18.9 Å². The lowest BCUT2D eigenvalue weighted by Crippen LogP contribution is -2.34. The standard InChI is InChI=1S/C11H16FNO2/c1-11(7-14,8-15)6-13-10-5-3-2-4-9(10)12/h2-5,13-15H,6-8H2,1H3. The molecule has 4 heteroatoms. The van der Waals surface area contributed by atoms with Gasteiger partial charge in [-0.2, -0.15) is 0 Å². The molecule has 0 unspecified atom stereocenters. The minimum absolute atomic E-state index is 0.148. The van der Waals surface area contributed by atoms with Gasteiger partial charge in [0.15, 0.2) is 0 Å².